The Morgan fingerprint density at radius 2 is 1.85 bits per heavy atom. The van der Waals surface area contributed by atoms with Crippen LogP contribution in [0.1, 0.15) is 10.4 Å². The number of carboxylic acid groups (broad SMARTS) is 1. The number of aromatic nitrogens is 1. The van der Waals surface area contributed by atoms with Crippen LogP contribution in [-0.2, 0) is 0 Å². The van der Waals surface area contributed by atoms with E-state index in [4.69, 9.17) is 5.11 Å². The van der Waals surface area contributed by atoms with Crippen LogP contribution in [0.5, 0.6) is 0 Å². The van der Waals surface area contributed by atoms with E-state index in [2.05, 4.69) is 4.98 Å². The van der Waals surface area contributed by atoms with E-state index in [1.54, 1.807) is 35.6 Å². The number of carbonyl (C=O) groups is 1. The number of para-hydroxylation sites is 1. The molecule has 0 aliphatic carbocycles. The maximum atomic E-state index is 10.8. The van der Waals surface area contributed by atoms with E-state index in [9.17, 15) is 4.79 Å². The summed E-state index contributed by atoms with van der Waals surface area (Å²) in [6.07, 6.45) is 0. The van der Waals surface area contributed by atoms with Gasteiger partial charge in [-0.15, -0.1) is 0 Å². The number of rotatable bonds is 3. The van der Waals surface area contributed by atoms with Gasteiger partial charge < -0.3 is 10.0 Å². The van der Waals surface area contributed by atoms with E-state index in [1.165, 1.54) is 0 Å². The van der Waals surface area contributed by atoms with Crippen LogP contribution in [0.25, 0.3) is 10.2 Å². The summed E-state index contributed by atoms with van der Waals surface area (Å²) in [6, 6.07) is 14.8. The highest BCUT2D eigenvalue weighted by Crippen LogP contribution is 2.32. The summed E-state index contributed by atoms with van der Waals surface area (Å²) >= 11 is 1.61. The lowest BCUT2D eigenvalue weighted by molar-refractivity contribution is 0.0697. The van der Waals surface area contributed by atoms with Gasteiger partial charge >= 0.3 is 5.97 Å². The van der Waals surface area contributed by atoms with Gasteiger partial charge in [0.15, 0.2) is 5.13 Å². The zero-order valence-electron chi connectivity index (χ0n) is 10.8. The molecule has 0 aliphatic rings. The molecule has 0 aliphatic heterocycles. The highest BCUT2D eigenvalue weighted by molar-refractivity contribution is 7.22. The largest absolute Gasteiger partial charge is 0.478 e. The van der Waals surface area contributed by atoms with E-state index >= 15 is 0 Å². The van der Waals surface area contributed by atoms with Gasteiger partial charge in [-0.1, -0.05) is 23.5 Å². The zero-order valence-corrected chi connectivity index (χ0v) is 11.6. The molecule has 0 spiro atoms. The first-order valence-corrected chi connectivity index (χ1v) is 6.89. The fraction of sp³-hybridized carbons (Fsp3) is 0.0667. The molecule has 0 unspecified atom stereocenters. The second-order valence-corrected chi connectivity index (χ2v) is 5.38. The molecule has 1 N–H and O–H groups in total. The summed E-state index contributed by atoms with van der Waals surface area (Å²) in [6.45, 7) is 0. The molecule has 20 heavy (non-hydrogen) atoms. The highest BCUT2D eigenvalue weighted by Gasteiger charge is 2.10. The molecule has 0 bridgehead atoms. The SMILES string of the molecule is CN(c1ccc(C(=O)O)cc1)c1nc2ccccc2s1. The second-order valence-electron chi connectivity index (χ2n) is 4.38. The average molecular weight is 284 g/mol. The summed E-state index contributed by atoms with van der Waals surface area (Å²) < 4.78 is 1.14. The Balaban J connectivity index is 1.94. The summed E-state index contributed by atoms with van der Waals surface area (Å²) in [4.78, 5) is 17.4. The van der Waals surface area contributed by atoms with Crippen LogP contribution in [-0.4, -0.2) is 23.1 Å². The van der Waals surface area contributed by atoms with Crippen molar-refractivity contribution in [2.45, 2.75) is 0 Å². The maximum Gasteiger partial charge on any atom is 0.335 e. The van der Waals surface area contributed by atoms with Crippen LogP contribution in [0.15, 0.2) is 48.5 Å². The second kappa shape index (κ2) is 4.94. The Morgan fingerprint density at radius 1 is 1.15 bits per heavy atom. The van der Waals surface area contributed by atoms with Crippen molar-refractivity contribution in [3.05, 3.63) is 54.1 Å². The molecule has 0 amide bonds. The molecule has 3 rings (SSSR count). The Hall–Kier alpha value is -2.40. The molecule has 0 fully saturated rings. The fourth-order valence-corrected chi connectivity index (χ4v) is 2.89. The molecule has 3 aromatic rings. The summed E-state index contributed by atoms with van der Waals surface area (Å²) in [5, 5.41) is 9.79. The molecule has 1 aromatic heterocycles. The van der Waals surface area contributed by atoms with Crippen molar-refractivity contribution in [1.29, 1.82) is 0 Å². The van der Waals surface area contributed by atoms with E-state index in [-0.39, 0.29) is 5.56 Å². The van der Waals surface area contributed by atoms with Gasteiger partial charge in [0, 0.05) is 12.7 Å². The Morgan fingerprint density at radius 3 is 2.50 bits per heavy atom. The molecule has 100 valence electrons. The number of aromatic carboxylic acids is 1. The van der Waals surface area contributed by atoms with Crippen LogP contribution in [0.3, 0.4) is 0 Å². The van der Waals surface area contributed by atoms with Crippen molar-refractivity contribution in [2.24, 2.45) is 0 Å². The highest BCUT2D eigenvalue weighted by atomic mass is 32.1. The van der Waals surface area contributed by atoms with Gasteiger partial charge in [-0.2, -0.15) is 0 Å². The van der Waals surface area contributed by atoms with Gasteiger partial charge in [0.1, 0.15) is 0 Å². The van der Waals surface area contributed by atoms with Crippen molar-refractivity contribution < 1.29 is 9.90 Å². The van der Waals surface area contributed by atoms with Crippen molar-refractivity contribution in [1.82, 2.24) is 4.98 Å². The first-order valence-electron chi connectivity index (χ1n) is 6.08. The summed E-state index contributed by atoms with van der Waals surface area (Å²) in [5.41, 5.74) is 2.17. The van der Waals surface area contributed by atoms with E-state index in [0.29, 0.717) is 0 Å². The number of benzene rings is 2. The van der Waals surface area contributed by atoms with E-state index in [1.807, 2.05) is 36.2 Å². The maximum absolute atomic E-state index is 10.8. The monoisotopic (exact) mass is 284 g/mol. The Bertz CT molecular complexity index is 732. The number of hydrogen-bond donors (Lipinski definition) is 1. The average Bonchev–Trinajstić information content (AvgIpc) is 2.90. The van der Waals surface area contributed by atoms with Crippen molar-refractivity contribution in [2.75, 3.05) is 11.9 Å². The molecule has 0 atom stereocenters. The number of fused-ring (bicyclic) bond motifs is 1. The molecular formula is C15H12N2O2S. The topological polar surface area (TPSA) is 53.4 Å². The molecule has 4 nitrogen and oxygen atoms in total. The van der Waals surface area contributed by atoms with Crippen LogP contribution >= 0.6 is 11.3 Å². The third kappa shape index (κ3) is 2.23. The van der Waals surface area contributed by atoms with Crippen molar-refractivity contribution >= 4 is 38.3 Å². The number of nitrogens with zero attached hydrogens (tertiary/aromatic N) is 2. The van der Waals surface area contributed by atoms with Gasteiger partial charge in [0.05, 0.1) is 15.8 Å². The molecular weight excluding hydrogens is 272 g/mol. The minimum Gasteiger partial charge on any atom is -0.478 e. The Kier molecular flexibility index (Phi) is 3.12. The first kappa shape index (κ1) is 12.6. The number of hydrogen-bond acceptors (Lipinski definition) is 4. The lowest BCUT2D eigenvalue weighted by Gasteiger charge is -2.15. The van der Waals surface area contributed by atoms with Crippen LogP contribution in [0, 0.1) is 0 Å². The van der Waals surface area contributed by atoms with Crippen molar-refractivity contribution in [3.8, 4) is 0 Å². The van der Waals surface area contributed by atoms with Crippen LogP contribution in [0.4, 0.5) is 10.8 Å². The van der Waals surface area contributed by atoms with Crippen molar-refractivity contribution in [3.63, 3.8) is 0 Å². The molecule has 5 heteroatoms. The lowest BCUT2D eigenvalue weighted by atomic mass is 10.2. The van der Waals surface area contributed by atoms with Gasteiger partial charge in [-0.3, -0.25) is 0 Å². The minimum absolute atomic E-state index is 0.284. The van der Waals surface area contributed by atoms with Crippen LogP contribution < -0.4 is 4.90 Å². The Labute approximate surface area is 119 Å². The number of carboxylic acids is 1. The number of anilines is 2. The van der Waals surface area contributed by atoms with Crippen LogP contribution in [0.2, 0.25) is 0 Å². The van der Waals surface area contributed by atoms with Gasteiger partial charge in [0.25, 0.3) is 0 Å². The number of thiazole rings is 1. The van der Waals surface area contributed by atoms with Gasteiger partial charge in [0.2, 0.25) is 0 Å². The molecule has 2 aromatic carbocycles. The lowest BCUT2D eigenvalue weighted by Crippen LogP contribution is -2.09. The quantitative estimate of drug-likeness (QED) is 0.795. The first-order chi connectivity index (χ1) is 9.65. The standard InChI is InChI=1S/C15H12N2O2S/c1-17(11-8-6-10(7-9-11)14(18)19)15-16-12-4-2-3-5-13(12)20-15/h2-9H,1H3,(H,18,19). The third-order valence-corrected chi connectivity index (χ3v) is 4.18. The van der Waals surface area contributed by atoms with Gasteiger partial charge in [-0.25, -0.2) is 9.78 Å². The predicted molar refractivity (Wildman–Crippen MR) is 81.1 cm³/mol. The van der Waals surface area contributed by atoms with Gasteiger partial charge in [-0.05, 0) is 36.4 Å². The normalized spacial score (nSPS) is 10.7. The summed E-state index contributed by atoms with van der Waals surface area (Å²) in [7, 11) is 1.92. The van der Waals surface area contributed by atoms with E-state index in [0.717, 1.165) is 21.0 Å². The smallest absolute Gasteiger partial charge is 0.335 e. The minimum atomic E-state index is -0.917. The molecule has 1 heterocycles. The predicted octanol–water partition coefficient (Wildman–Crippen LogP) is 3.76. The fourth-order valence-electron chi connectivity index (χ4n) is 1.94. The molecule has 0 radical (unpaired) electrons. The molecule has 0 saturated carbocycles. The molecule has 0 saturated heterocycles. The van der Waals surface area contributed by atoms with E-state index < -0.39 is 5.97 Å². The summed E-state index contributed by atoms with van der Waals surface area (Å²) in [5.74, 6) is -0.917. The third-order valence-electron chi connectivity index (χ3n) is 3.07. The zero-order chi connectivity index (χ0) is 14.1.